The first-order chi connectivity index (χ1) is 9.85. The lowest BCUT2D eigenvalue weighted by Gasteiger charge is -2.19. The van der Waals surface area contributed by atoms with Gasteiger partial charge in [-0.2, -0.15) is 10.5 Å². The van der Waals surface area contributed by atoms with Gasteiger partial charge in [-0.05, 0) is 17.9 Å². The van der Waals surface area contributed by atoms with E-state index in [1.54, 1.807) is 0 Å². The molecule has 4 nitrogen and oxygen atoms in total. The van der Waals surface area contributed by atoms with Crippen LogP contribution in [0.2, 0.25) is 0 Å². The Morgan fingerprint density at radius 1 is 1.00 bits per heavy atom. The summed E-state index contributed by atoms with van der Waals surface area (Å²) in [4.78, 5) is 0. The van der Waals surface area contributed by atoms with Crippen molar-refractivity contribution in [3.8, 4) is 12.1 Å². The third-order valence-electron chi connectivity index (χ3n) is 2.86. The van der Waals surface area contributed by atoms with Crippen molar-refractivity contribution in [2.45, 2.75) is 34.2 Å². The lowest BCUT2D eigenvalue weighted by atomic mass is 9.97. The summed E-state index contributed by atoms with van der Waals surface area (Å²) in [6.07, 6.45) is 0. The lowest BCUT2D eigenvalue weighted by Crippen LogP contribution is -2.28. The number of nitrogens with zero attached hydrogens (tertiary/aromatic N) is 2. The Balaban J connectivity index is 2.75. The summed E-state index contributed by atoms with van der Waals surface area (Å²) in [5, 5.41) is 24.5. The molecule has 0 radical (unpaired) electrons. The molecule has 21 heavy (non-hydrogen) atoms. The molecule has 0 heterocycles. The predicted molar refractivity (Wildman–Crippen MR) is 83.7 cm³/mol. The monoisotopic (exact) mass is 282 g/mol. The third kappa shape index (κ3) is 6.01. The maximum Gasteiger partial charge on any atom is 0.148 e. The molecule has 0 aromatic heterocycles. The van der Waals surface area contributed by atoms with Gasteiger partial charge in [0.15, 0.2) is 0 Å². The van der Waals surface area contributed by atoms with Crippen LogP contribution in [0.15, 0.2) is 35.7 Å². The minimum absolute atomic E-state index is 0.0413. The molecule has 0 bridgehead atoms. The number of benzene rings is 1. The van der Waals surface area contributed by atoms with E-state index < -0.39 is 0 Å². The number of hydrogen-bond donors (Lipinski definition) is 2. The average Bonchev–Trinajstić information content (AvgIpc) is 2.43. The van der Waals surface area contributed by atoms with E-state index in [-0.39, 0.29) is 11.1 Å². The highest BCUT2D eigenvalue weighted by Gasteiger charge is 2.12. The van der Waals surface area contributed by atoms with Crippen LogP contribution in [0.3, 0.4) is 0 Å². The molecule has 0 saturated heterocycles. The van der Waals surface area contributed by atoms with Crippen LogP contribution in [0, 0.1) is 35.0 Å². The molecular formula is C17H22N4. The molecule has 0 aliphatic carbocycles. The Labute approximate surface area is 127 Å². The van der Waals surface area contributed by atoms with E-state index in [1.165, 1.54) is 5.56 Å². The van der Waals surface area contributed by atoms with E-state index in [9.17, 15) is 10.5 Å². The van der Waals surface area contributed by atoms with Crippen LogP contribution in [0.5, 0.6) is 0 Å². The van der Waals surface area contributed by atoms with E-state index in [0.717, 1.165) is 5.56 Å². The van der Waals surface area contributed by atoms with Crippen LogP contribution in [0.25, 0.3) is 0 Å². The first kappa shape index (κ1) is 16.6. The van der Waals surface area contributed by atoms with Crippen LogP contribution in [-0.2, 0) is 6.54 Å². The third-order valence-corrected chi connectivity index (χ3v) is 2.86. The van der Waals surface area contributed by atoms with Gasteiger partial charge in [-0.15, -0.1) is 0 Å². The van der Waals surface area contributed by atoms with Crippen LogP contribution in [-0.4, -0.2) is 6.54 Å². The van der Waals surface area contributed by atoms with Gasteiger partial charge in [0, 0.05) is 13.1 Å². The Kier molecular flexibility index (Phi) is 5.81. The van der Waals surface area contributed by atoms with Crippen molar-refractivity contribution in [1.29, 1.82) is 10.5 Å². The van der Waals surface area contributed by atoms with Gasteiger partial charge in [0.2, 0.25) is 0 Å². The second-order valence-electron chi connectivity index (χ2n) is 6.23. The summed E-state index contributed by atoms with van der Waals surface area (Å²) in [6.45, 7) is 9.39. The van der Waals surface area contributed by atoms with Gasteiger partial charge >= 0.3 is 0 Å². The molecule has 2 N–H and O–H groups in total. The lowest BCUT2D eigenvalue weighted by molar-refractivity contribution is 0.398. The normalized spacial score (nSPS) is 11.9. The van der Waals surface area contributed by atoms with Crippen molar-refractivity contribution >= 4 is 0 Å². The maximum atomic E-state index is 9.22. The molecule has 110 valence electrons. The molecule has 0 fully saturated rings. The first-order valence-corrected chi connectivity index (χ1v) is 6.93. The van der Waals surface area contributed by atoms with Crippen molar-refractivity contribution in [2.24, 2.45) is 5.41 Å². The predicted octanol–water partition coefficient (Wildman–Crippen LogP) is 2.98. The topological polar surface area (TPSA) is 71.6 Å². The van der Waals surface area contributed by atoms with Crippen molar-refractivity contribution in [3.05, 3.63) is 46.8 Å². The second-order valence-corrected chi connectivity index (χ2v) is 6.23. The minimum Gasteiger partial charge on any atom is -0.374 e. The summed E-state index contributed by atoms with van der Waals surface area (Å²) in [5.41, 5.74) is 2.88. The first-order valence-electron chi connectivity index (χ1n) is 6.93. The molecular weight excluding hydrogens is 260 g/mol. The zero-order chi connectivity index (χ0) is 15.9. The highest BCUT2D eigenvalue weighted by Crippen LogP contribution is 2.12. The Hall–Kier alpha value is -2.46. The molecule has 1 aromatic rings. The Morgan fingerprint density at radius 2 is 1.52 bits per heavy atom. The minimum atomic E-state index is 0.0413. The van der Waals surface area contributed by atoms with Gasteiger partial charge < -0.3 is 10.6 Å². The Morgan fingerprint density at radius 3 is 2.00 bits per heavy atom. The number of aryl methyl sites for hydroxylation is 1. The van der Waals surface area contributed by atoms with E-state index in [2.05, 4.69) is 43.5 Å². The van der Waals surface area contributed by atoms with Crippen LogP contribution in [0.4, 0.5) is 0 Å². The van der Waals surface area contributed by atoms with Crippen LogP contribution in [0.1, 0.15) is 31.9 Å². The largest absolute Gasteiger partial charge is 0.374 e. The van der Waals surface area contributed by atoms with Gasteiger partial charge in [-0.3, -0.25) is 0 Å². The fourth-order valence-corrected chi connectivity index (χ4v) is 1.62. The number of allylic oxidation sites excluding steroid dienone is 2. The summed E-state index contributed by atoms with van der Waals surface area (Å²) in [5.74, 6) is 0. The number of hydrogen-bond acceptors (Lipinski definition) is 4. The van der Waals surface area contributed by atoms with E-state index >= 15 is 0 Å². The standard InChI is InChI=1S/C17H22N4/c1-13-5-7-14(8-6-13)11-20-15(9-18)16(10-19)21-12-17(2,3)4/h5-8,20-21H,11-12H2,1-4H3/b16-15+. The summed E-state index contributed by atoms with van der Waals surface area (Å²) >= 11 is 0. The van der Waals surface area contributed by atoms with Crippen molar-refractivity contribution < 1.29 is 0 Å². The van der Waals surface area contributed by atoms with E-state index in [4.69, 9.17) is 0 Å². The molecule has 0 spiro atoms. The van der Waals surface area contributed by atoms with E-state index in [1.807, 2.05) is 31.2 Å². The molecule has 0 aliphatic heterocycles. The summed E-state index contributed by atoms with van der Waals surface area (Å²) in [7, 11) is 0. The quantitative estimate of drug-likeness (QED) is 0.814. The van der Waals surface area contributed by atoms with Crippen molar-refractivity contribution in [3.63, 3.8) is 0 Å². The fourth-order valence-electron chi connectivity index (χ4n) is 1.62. The molecule has 0 atom stereocenters. The van der Waals surface area contributed by atoms with Gasteiger partial charge in [-0.1, -0.05) is 50.6 Å². The number of rotatable bonds is 5. The second kappa shape index (κ2) is 7.36. The summed E-state index contributed by atoms with van der Waals surface area (Å²) in [6, 6.07) is 12.2. The van der Waals surface area contributed by atoms with Crippen molar-refractivity contribution in [1.82, 2.24) is 10.6 Å². The molecule has 1 aromatic carbocycles. The maximum absolute atomic E-state index is 9.22. The van der Waals surface area contributed by atoms with Gasteiger partial charge in [0.1, 0.15) is 23.5 Å². The van der Waals surface area contributed by atoms with Crippen LogP contribution >= 0.6 is 0 Å². The van der Waals surface area contributed by atoms with Crippen molar-refractivity contribution in [2.75, 3.05) is 6.54 Å². The van der Waals surface area contributed by atoms with Gasteiger partial charge in [0.05, 0.1) is 0 Å². The molecule has 4 heteroatoms. The molecule has 0 unspecified atom stereocenters. The smallest absolute Gasteiger partial charge is 0.148 e. The molecule has 1 rings (SSSR count). The fraction of sp³-hybridized carbons (Fsp3) is 0.412. The summed E-state index contributed by atoms with van der Waals surface area (Å²) < 4.78 is 0. The number of nitrogens with one attached hydrogen (secondary N) is 2. The SMILES string of the molecule is Cc1ccc(CN/C(C#N)=C(\C#N)NCC(C)(C)C)cc1. The molecule has 0 amide bonds. The highest BCUT2D eigenvalue weighted by molar-refractivity contribution is 5.35. The molecule has 0 saturated carbocycles. The molecule has 0 aliphatic rings. The zero-order valence-corrected chi connectivity index (χ0v) is 13.1. The highest BCUT2D eigenvalue weighted by atomic mass is 15.0. The van der Waals surface area contributed by atoms with E-state index in [0.29, 0.717) is 18.8 Å². The van der Waals surface area contributed by atoms with Crippen LogP contribution < -0.4 is 10.6 Å². The van der Waals surface area contributed by atoms with Gasteiger partial charge in [0.25, 0.3) is 0 Å². The average molecular weight is 282 g/mol. The zero-order valence-electron chi connectivity index (χ0n) is 13.1. The Bertz CT molecular complexity index is 577. The number of nitriles is 2. The van der Waals surface area contributed by atoms with Gasteiger partial charge in [-0.25, -0.2) is 0 Å².